The predicted molar refractivity (Wildman–Crippen MR) is 72.4 cm³/mol. The highest BCUT2D eigenvalue weighted by atomic mass is 79.9. The largest absolute Gasteiger partial charge is 0.381 e. The predicted octanol–water partition coefficient (Wildman–Crippen LogP) is 1.48. The van der Waals surface area contributed by atoms with Gasteiger partial charge in [0.2, 0.25) is 0 Å². The molecule has 2 aliphatic rings. The molecule has 0 bridgehead atoms. The van der Waals surface area contributed by atoms with Gasteiger partial charge in [-0.3, -0.25) is 0 Å². The van der Waals surface area contributed by atoms with Crippen molar-refractivity contribution < 1.29 is 8.42 Å². The first-order chi connectivity index (χ1) is 8.05. The van der Waals surface area contributed by atoms with Gasteiger partial charge in [0.15, 0.2) is 9.84 Å². The van der Waals surface area contributed by atoms with Crippen LogP contribution in [0, 0.1) is 0 Å². The van der Waals surface area contributed by atoms with Gasteiger partial charge >= 0.3 is 0 Å². The molecular formula is C11H13BrN2O2S. The summed E-state index contributed by atoms with van der Waals surface area (Å²) in [7, 11) is -2.85. The van der Waals surface area contributed by atoms with E-state index >= 15 is 0 Å². The molecule has 1 atom stereocenters. The molecule has 0 saturated carbocycles. The van der Waals surface area contributed by atoms with Gasteiger partial charge in [-0.15, -0.1) is 0 Å². The number of benzene rings is 1. The fraction of sp³-hybridized carbons (Fsp3) is 0.455. The van der Waals surface area contributed by atoms with Gasteiger partial charge in [-0.05, 0) is 18.2 Å². The molecule has 0 aromatic heterocycles. The van der Waals surface area contributed by atoms with Crippen LogP contribution in [0.1, 0.15) is 0 Å². The molecule has 1 aromatic carbocycles. The van der Waals surface area contributed by atoms with Crippen molar-refractivity contribution in [2.45, 2.75) is 6.04 Å². The van der Waals surface area contributed by atoms with Crippen molar-refractivity contribution in [3.63, 3.8) is 0 Å². The highest BCUT2D eigenvalue weighted by Gasteiger charge is 2.34. The van der Waals surface area contributed by atoms with E-state index in [2.05, 4.69) is 26.1 Å². The van der Waals surface area contributed by atoms with Crippen molar-refractivity contribution in [3.05, 3.63) is 22.7 Å². The number of fused-ring (bicyclic) bond motifs is 3. The van der Waals surface area contributed by atoms with Crippen molar-refractivity contribution in [2.24, 2.45) is 0 Å². The molecule has 2 heterocycles. The van der Waals surface area contributed by atoms with E-state index in [4.69, 9.17) is 0 Å². The average molecular weight is 317 g/mol. The third-order valence-electron chi connectivity index (χ3n) is 3.33. The fourth-order valence-electron chi connectivity index (χ4n) is 2.50. The first kappa shape index (κ1) is 11.3. The lowest BCUT2D eigenvalue weighted by molar-refractivity contribution is 0.559. The molecule has 2 aliphatic heterocycles. The van der Waals surface area contributed by atoms with E-state index < -0.39 is 9.84 Å². The van der Waals surface area contributed by atoms with Crippen LogP contribution in [0.15, 0.2) is 22.7 Å². The molecule has 4 nitrogen and oxygen atoms in total. The Morgan fingerprint density at radius 2 is 2.24 bits per heavy atom. The Hall–Kier alpha value is -0.750. The molecule has 3 rings (SSSR count). The van der Waals surface area contributed by atoms with E-state index in [1.807, 2.05) is 18.2 Å². The van der Waals surface area contributed by atoms with Crippen molar-refractivity contribution >= 4 is 37.1 Å². The van der Waals surface area contributed by atoms with E-state index in [0.717, 1.165) is 15.8 Å². The van der Waals surface area contributed by atoms with Crippen LogP contribution in [-0.2, 0) is 9.84 Å². The van der Waals surface area contributed by atoms with Crippen LogP contribution in [0.2, 0.25) is 0 Å². The first-order valence-electron chi connectivity index (χ1n) is 5.56. The van der Waals surface area contributed by atoms with Gasteiger partial charge in [-0.1, -0.05) is 15.9 Å². The number of nitrogens with one attached hydrogen (secondary N) is 1. The Morgan fingerprint density at radius 1 is 1.41 bits per heavy atom. The minimum absolute atomic E-state index is 0.0717. The van der Waals surface area contributed by atoms with Crippen LogP contribution < -0.4 is 10.2 Å². The second-order valence-electron chi connectivity index (χ2n) is 4.50. The standard InChI is InChI=1S/C11H13BrN2O2S/c12-8-1-2-11-10(5-8)13-6-9-7-17(15,16)4-3-14(9)11/h1-2,5,9,13H,3-4,6-7H2. The van der Waals surface area contributed by atoms with Gasteiger partial charge in [0.1, 0.15) is 0 Å². The maximum Gasteiger partial charge on any atom is 0.154 e. The van der Waals surface area contributed by atoms with Crippen molar-refractivity contribution in [3.8, 4) is 0 Å². The van der Waals surface area contributed by atoms with Gasteiger partial charge in [0.25, 0.3) is 0 Å². The lowest BCUT2D eigenvalue weighted by Crippen LogP contribution is -2.54. The van der Waals surface area contributed by atoms with Gasteiger partial charge in [0.05, 0.1) is 28.9 Å². The second kappa shape index (κ2) is 3.88. The maximum atomic E-state index is 11.6. The second-order valence-corrected chi connectivity index (χ2v) is 7.65. The Balaban J connectivity index is 1.98. The van der Waals surface area contributed by atoms with E-state index in [0.29, 0.717) is 13.1 Å². The summed E-state index contributed by atoms with van der Waals surface area (Å²) in [6.45, 7) is 1.30. The molecule has 0 aliphatic carbocycles. The summed E-state index contributed by atoms with van der Waals surface area (Å²) in [4.78, 5) is 2.21. The Morgan fingerprint density at radius 3 is 3.06 bits per heavy atom. The number of nitrogens with zero attached hydrogens (tertiary/aromatic N) is 1. The molecule has 1 aromatic rings. The average Bonchev–Trinajstić information content (AvgIpc) is 2.27. The maximum absolute atomic E-state index is 11.6. The Labute approximate surface area is 109 Å². The lowest BCUT2D eigenvalue weighted by atomic mass is 10.1. The number of hydrogen-bond acceptors (Lipinski definition) is 4. The van der Waals surface area contributed by atoms with Gasteiger partial charge in [-0.2, -0.15) is 0 Å². The minimum Gasteiger partial charge on any atom is -0.381 e. The first-order valence-corrected chi connectivity index (χ1v) is 8.17. The molecule has 17 heavy (non-hydrogen) atoms. The van der Waals surface area contributed by atoms with Gasteiger partial charge < -0.3 is 10.2 Å². The zero-order chi connectivity index (χ0) is 12.0. The molecule has 0 radical (unpaired) electrons. The molecule has 0 amide bonds. The molecule has 92 valence electrons. The van der Waals surface area contributed by atoms with Gasteiger partial charge in [0, 0.05) is 17.6 Å². The summed E-state index contributed by atoms with van der Waals surface area (Å²) < 4.78 is 24.3. The third kappa shape index (κ3) is 2.04. The van der Waals surface area contributed by atoms with Crippen LogP contribution in [0.25, 0.3) is 0 Å². The SMILES string of the molecule is O=S1(=O)CCN2c3ccc(Br)cc3NCC2C1. The zero-order valence-electron chi connectivity index (χ0n) is 9.19. The molecular weight excluding hydrogens is 304 g/mol. The molecule has 1 unspecified atom stereocenters. The van der Waals surface area contributed by atoms with E-state index in [9.17, 15) is 8.42 Å². The summed E-state index contributed by atoms with van der Waals surface area (Å²) in [6, 6.07) is 6.14. The van der Waals surface area contributed by atoms with Crippen molar-refractivity contribution in [2.75, 3.05) is 34.8 Å². The smallest absolute Gasteiger partial charge is 0.154 e. The van der Waals surface area contributed by atoms with Crippen molar-refractivity contribution in [1.82, 2.24) is 0 Å². The van der Waals surface area contributed by atoms with Crippen LogP contribution in [0.5, 0.6) is 0 Å². The van der Waals surface area contributed by atoms with Crippen LogP contribution in [0.4, 0.5) is 11.4 Å². The fourth-order valence-corrected chi connectivity index (χ4v) is 4.39. The number of anilines is 2. The summed E-state index contributed by atoms with van der Waals surface area (Å²) >= 11 is 3.44. The number of halogens is 1. The summed E-state index contributed by atoms with van der Waals surface area (Å²) in [5.41, 5.74) is 2.19. The molecule has 1 N–H and O–H groups in total. The molecule has 1 saturated heterocycles. The van der Waals surface area contributed by atoms with Crippen LogP contribution in [0.3, 0.4) is 0 Å². The summed E-state index contributed by atoms with van der Waals surface area (Å²) in [6.07, 6.45) is 0. The number of sulfone groups is 1. The normalized spacial score (nSPS) is 25.7. The quantitative estimate of drug-likeness (QED) is 0.787. The summed E-state index contributed by atoms with van der Waals surface area (Å²) in [5, 5.41) is 3.30. The topological polar surface area (TPSA) is 49.4 Å². The monoisotopic (exact) mass is 316 g/mol. The Bertz CT molecular complexity index is 559. The molecule has 1 fully saturated rings. The van der Waals surface area contributed by atoms with E-state index in [1.165, 1.54) is 0 Å². The van der Waals surface area contributed by atoms with Crippen molar-refractivity contribution in [1.29, 1.82) is 0 Å². The lowest BCUT2D eigenvalue weighted by Gasteiger charge is -2.42. The highest BCUT2D eigenvalue weighted by Crippen LogP contribution is 2.35. The number of rotatable bonds is 0. The van der Waals surface area contributed by atoms with Gasteiger partial charge in [-0.25, -0.2) is 8.42 Å². The summed E-state index contributed by atoms with van der Waals surface area (Å²) in [5.74, 6) is 0.522. The van der Waals surface area contributed by atoms with E-state index in [-0.39, 0.29) is 17.5 Å². The Kier molecular flexibility index (Phi) is 2.59. The molecule has 6 heteroatoms. The van der Waals surface area contributed by atoms with Crippen LogP contribution >= 0.6 is 15.9 Å². The third-order valence-corrected chi connectivity index (χ3v) is 5.52. The highest BCUT2D eigenvalue weighted by molar-refractivity contribution is 9.10. The van der Waals surface area contributed by atoms with Crippen LogP contribution in [-0.4, -0.2) is 39.1 Å². The number of hydrogen-bond donors (Lipinski definition) is 1. The zero-order valence-corrected chi connectivity index (χ0v) is 11.6. The molecule has 0 spiro atoms. The van der Waals surface area contributed by atoms with E-state index in [1.54, 1.807) is 0 Å². The minimum atomic E-state index is -2.85.